The van der Waals surface area contributed by atoms with E-state index in [0.29, 0.717) is 36.2 Å². The SMILES string of the molecule is C#CCNS(=O)(=O)c1cccc(C(=O)Nc2cc(C(=O)N3CC(C)CC(C)C3)ccc2C)c1. The number of sulfonamides is 1. The van der Waals surface area contributed by atoms with Crippen LogP contribution in [-0.4, -0.2) is 44.8 Å². The standard InChI is InChI=1S/C25H29N3O4S/c1-5-11-26-33(31,32)22-8-6-7-20(13-22)24(29)27-23-14-21(10-9-19(23)4)25(30)28-15-17(2)12-18(3)16-28/h1,6-10,13-14,17-18,26H,11-12,15-16H2,2-4H3,(H,27,29). The number of carbonyl (C=O) groups excluding carboxylic acids is 2. The van der Waals surface area contributed by atoms with Crippen LogP contribution in [-0.2, 0) is 10.0 Å². The minimum atomic E-state index is -3.82. The van der Waals surface area contributed by atoms with Crippen LogP contribution in [0.3, 0.4) is 0 Å². The van der Waals surface area contributed by atoms with Gasteiger partial charge in [0.1, 0.15) is 0 Å². The first-order valence-corrected chi connectivity index (χ1v) is 12.3. The first-order chi connectivity index (χ1) is 15.6. The van der Waals surface area contributed by atoms with Gasteiger partial charge in [-0.25, -0.2) is 8.42 Å². The molecule has 1 aliphatic heterocycles. The molecule has 1 aliphatic rings. The van der Waals surface area contributed by atoms with Crippen LogP contribution < -0.4 is 10.0 Å². The van der Waals surface area contributed by atoms with Gasteiger partial charge in [-0.2, -0.15) is 4.72 Å². The second-order valence-electron chi connectivity index (χ2n) is 8.70. The van der Waals surface area contributed by atoms with E-state index >= 15 is 0 Å². The largest absolute Gasteiger partial charge is 0.338 e. The summed E-state index contributed by atoms with van der Waals surface area (Å²) < 4.78 is 26.9. The number of likely N-dealkylation sites (tertiary alicyclic amines) is 1. The number of hydrogen-bond donors (Lipinski definition) is 2. The molecule has 2 aromatic rings. The van der Waals surface area contributed by atoms with Crippen molar-refractivity contribution in [1.82, 2.24) is 9.62 Å². The fourth-order valence-corrected chi connectivity index (χ4v) is 5.10. The molecule has 0 radical (unpaired) electrons. The van der Waals surface area contributed by atoms with Crippen LogP contribution in [0.1, 0.15) is 46.5 Å². The second-order valence-corrected chi connectivity index (χ2v) is 10.5. The lowest BCUT2D eigenvalue weighted by Gasteiger charge is -2.35. The maximum Gasteiger partial charge on any atom is 0.255 e. The summed E-state index contributed by atoms with van der Waals surface area (Å²) in [4.78, 5) is 27.8. The normalized spacial score (nSPS) is 18.4. The number of amides is 2. The molecule has 3 rings (SSSR count). The highest BCUT2D eigenvalue weighted by atomic mass is 32.2. The van der Waals surface area contributed by atoms with Crippen LogP contribution in [0, 0.1) is 31.1 Å². The third-order valence-corrected chi connectivity index (χ3v) is 7.06. The molecule has 1 heterocycles. The maximum absolute atomic E-state index is 13.1. The van der Waals surface area contributed by atoms with Gasteiger partial charge in [0.25, 0.3) is 11.8 Å². The number of anilines is 1. The number of hydrogen-bond acceptors (Lipinski definition) is 4. The predicted molar refractivity (Wildman–Crippen MR) is 128 cm³/mol. The minimum absolute atomic E-state index is 0.0561. The van der Waals surface area contributed by atoms with E-state index in [4.69, 9.17) is 6.42 Å². The fraction of sp³-hybridized carbons (Fsp3) is 0.360. The summed E-state index contributed by atoms with van der Waals surface area (Å²) >= 11 is 0. The summed E-state index contributed by atoms with van der Waals surface area (Å²) in [5.74, 6) is 2.57. The number of piperidine rings is 1. The first-order valence-electron chi connectivity index (χ1n) is 10.8. The van der Waals surface area contributed by atoms with E-state index < -0.39 is 15.9 Å². The molecule has 174 valence electrons. The summed E-state index contributed by atoms with van der Waals surface area (Å²) in [6, 6.07) is 10.9. The molecular formula is C25H29N3O4S. The molecule has 1 fully saturated rings. The molecule has 33 heavy (non-hydrogen) atoms. The maximum atomic E-state index is 13.1. The highest BCUT2D eigenvalue weighted by Gasteiger charge is 2.26. The second kappa shape index (κ2) is 10.2. The summed E-state index contributed by atoms with van der Waals surface area (Å²) in [5.41, 5.74) is 1.97. The summed E-state index contributed by atoms with van der Waals surface area (Å²) in [5, 5.41) is 2.81. The number of carbonyl (C=O) groups is 2. The van der Waals surface area contributed by atoms with Crippen molar-refractivity contribution in [2.75, 3.05) is 25.0 Å². The van der Waals surface area contributed by atoms with E-state index in [1.807, 2.05) is 11.8 Å². The molecule has 2 amide bonds. The lowest BCUT2D eigenvalue weighted by Crippen LogP contribution is -2.42. The van der Waals surface area contributed by atoms with Gasteiger partial charge < -0.3 is 10.2 Å². The van der Waals surface area contributed by atoms with Crippen LogP contribution in [0.15, 0.2) is 47.4 Å². The molecule has 0 aliphatic carbocycles. The number of nitrogens with zero attached hydrogens (tertiary/aromatic N) is 1. The smallest absolute Gasteiger partial charge is 0.255 e. The van der Waals surface area contributed by atoms with Crippen molar-refractivity contribution < 1.29 is 18.0 Å². The van der Waals surface area contributed by atoms with Crippen LogP contribution >= 0.6 is 0 Å². The van der Waals surface area contributed by atoms with Gasteiger partial charge >= 0.3 is 0 Å². The van der Waals surface area contributed by atoms with Gasteiger partial charge in [0.2, 0.25) is 10.0 Å². The molecule has 0 bridgehead atoms. The van der Waals surface area contributed by atoms with Crippen molar-refractivity contribution in [3.8, 4) is 12.3 Å². The molecule has 2 aromatic carbocycles. The molecule has 1 saturated heterocycles. The van der Waals surface area contributed by atoms with Gasteiger partial charge in [0.05, 0.1) is 11.4 Å². The average Bonchev–Trinajstić information content (AvgIpc) is 2.78. The van der Waals surface area contributed by atoms with E-state index in [2.05, 4.69) is 29.8 Å². The Morgan fingerprint density at radius 2 is 1.79 bits per heavy atom. The average molecular weight is 468 g/mol. The zero-order valence-electron chi connectivity index (χ0n) is 19.1. The van der Waals surface area contributed by atoms with E-state index in [0.717, 1.165) is 12.0 Å². The van der Waals surface area contributed by atoms with Crippen LogP contribution in [0.2, 0.25) is 0 Å². The minimum Gasteiger partial charge on any atom is -0.338 e. The monoisotopic (exact) mass is 467 g/mol. The van der Waals surface area contributed by atoms with E-state index in [1.54, 1.807) is 18.2 Å². The summed E-state index contributed by atoms with van der Waals surface area (Å²) in [7, 11) is -3.82. The predicted octanol–water partition coefficient (Wildman–Crippen LogP) is 3.28. The molecule has 2 N–H and O–H groups in total. The summed E-state index contributed by atoms with van der Waals surface area (Å²) in [6.45, 7) is 7.41. The Labute approximate surface area is 195 Å². The number of aryl methyl sites for hydroxylation is 1. The lowest BCUT2D eigenvalue weighted by molar-refractivity contribution is 0.0623. The summed E-state index contributed by atoms with van der Waals surface area (Å²) in [6.07, 6.45) is 6.22. The van der Waals surface area contributed by atoms with Gasteiger partial charge in [0, 0.05) is 29.9 Å². The Bertz CT molecular complexity index is 1190. The Morgan fingerprint density at radius 1 is 1.09 bits per heavy atom. The molecular weight excluding hydrogens is 438 g/mol. The third-order valence-electron chi connectivity index (χ3n) is 5.66. The highest BCUT2D eigenvalue weighted by Crippen LogP contribution is 2.25. The Hall–Kier alpha value is -3.15. The number of rotatable bonds is 6. The van der Waals surface area contributed by atoms with Crippen molar-refractivity contribution in [3.63, 3.8) is 0 Å². The molecule has 2 atom stereocenters. The zero-order chi connectivity index (χ0) is 24.2. The molecule has 2 unspecified atom stereocenters. The van der Waals surface area contributed by atoms with Crippen LogP contribution in [0.4, 0.5) is 5.69 Å². The Kier molecular flexibility index (Phi) is 7.57. The van der Waals surface area contributed by atoms with Crippen molar-refractivity contribution in [3.05, 3.63) is 59.2 Å². The van der Waals surface area contributed by atoms with Crippen molar-refractivity contribution in [2.24, 2.45) is 11.8 Å². The van der Waals surface area contributed by atoms with Crippen molar-refractivity contribution in [1.29, 1.82) is 0 Å². The van der Waals surface area contributed by atoms with Gasteiger partial charge in [-0.1, -0.05) is 31.9 Å². The van der Waals surface area contributed by atoms with Gasteiger partial charge in [-0.15, -0.1) is 6.42 Å². The lowest BCUT2D eigenvalue weighted by atomic mass is 9.91. The van der Waals surface area contributed by atoms with E-state index in [1.165, 1.54) is 24.3 Å². The zero-order valence-corrected chi connectivity index (χ0v) is 19.9. The Morgan fingerprint density at radius 3 is 2.45 bits per heavy atom. The Balaban J connectivity index is 1.80. The molecule has 8 heteroatoms. The van der Waals surface area contributed by atoms with Crippen molar-refractivity contribution >= 4 is 27.5 Å². The van der Waals surface area contributed by atoms with Crippen LogP contribution in [0.5, 0.6) is 0 Å². The first kappa shape index (κ1) is 24.5. The van der Waals surface area contributed by atoms with Crippen molar-refractivity contribution in [2.45, 2.75) is 32.1 Å². The van der Waals surface area contributed by atoms with Gasteiger partial charge in [-0.05, 0) is 61.1 Å². The number of benzene rings is 2. The van der Waals surface area contributed by atoms with Crippen LogP contribution in [0.25, 0.3) is 0 Å². The topological polar surface area (TPSA) is 95.6 Å². The van der Waals surface area contributed by atoms with E-state index in [-0.39, 0.29) is 22.9 Å². The van der Waals surface area contributed by atoms with E-state index in [9.17, 15) is 18.0 Å². The number of nitrogens with one attached hydrogen (secondary N) is 2. The molecule has 0 aromatic heterocycles. The fourth-order valence-electron chi connectivity index (χ4n) is 4.12. The molecule has 0 spiro atoms. The third kappa shape index (κ3) is 6.01. The molecule has 0 saturated carbocycles. The molecule has 7 nitrogen and oxygen atoms in total. The van der Waals surface area contributed by atoms with Gasteiger partial charge in [0.15, 0.2) is 0 Å². The highest BCUT2D eigenvalue weighted by molar-refractivity contribution is 7.89. The van der Waals surface area contributed by atoms with Gasteiger partial charge in [-0.3, -0.25) is 9.59 Å². The quantitative estimate of drug-likeness (QED) is 0.638. The number of terminal acetylenes is 1.